The van der Waals surface area contributed by atoms with Gasteiger partial charge < -0.3 is 10.4 Å². The molecule has 0 saturated heterocycles. The molecular weight excluding hydrogens is 182 g/mol. The van der Waals surface area contributed by atoms with Gasteiger partial charge in [0.2, 0.25) is 0 Å². The molecule has 0 radical (unpaired) electrons. The molecule has 0 aromatic carbocycles. The van der Waals surface area contributed by atoms with Crippen LogP contribution < -0.4 is 5.32 Å². The minimum atomic E-state index is -0.633. The van der Waals surface area contributed by atoms with Gasteiger partial charge in [-0.1, -0.05) is 6.92 Å². The molecule has 0 saturated carbocycles. The fraction of sp³-hybridized carbons (Fsp3) is 1.00. The molecule has 3 heteroatoms. The van der Waals surface area contributed by atoms with E-state index in [1.807, 2.05) is 32.5 Å². The standard InChI is InChI=1S/C10H23NOS/c1-6-9(7-13-5)11-8(2)10(3,4)12/h8-9,11-12H,6-7H2,1-5H3. The van der Waals surface area contributed by atoms with Crippen molar-refractivity contribution in [3.63, 3.8) is 0 Å². The lowest BCUT2D eigenvalue weighted by Gasteiger charge is -2.30. The number of thioether (sulfide) groups is 1. The lowest BCUT2D eigenvalue weighted by molar-refractivity contribution is 0.0406. The zero-order chi connectivity index (χ0) is 10.5. The number of hydrogen-bond donors (Lipinski definition) is 2. The van der Waals surface area contributed by atoms with Gasteiger partial charge in [-0.2, -0.15) is 11.8 Å². The van der Waals surface area contributed by atoms with E-state index in [4.69, 9.17) is 0 Å². The van der Waals surface area contributed by atoms with Crippen LogP contribution in [0.4, 0.5) is 0 Å². The van der Waals surface area contributed by atoms with Crippen LogP contribution in [0.3, 0.4) is 0 Å². The Morgan fingerprint density at radius 2 is 2.00 bits per heavy atom. The molecule has 0 aliphatic heterocycles. The molecule has 0 aliphatic carbocycles. The van der Waals surface area contributed by atoms with Gasteiger partial charge in [-0.3, -0.25) is 0 Å². The highest BCUT2D eigenvalue weighted by Gasteiger charge is 2.23. The van der Waals surface area contributed by atoms with Crippen molar-refractivity contribution >= 4 is 11.8 Å². The number of nitrogens with one attached hydrogen (secondary N) is 1. The monoisotopic (exact) mass is 205 g/mol. The van der Waals surface area contributed by atoms with E-state index in [0.717, 1.165) is 12.2 Å². The largest absolute Gasteiger partial charge is 0.389 e. The van der Waals surface area contributed by atoms with E-state index in [1.54, 1.807) is 0 Å². The topological polar surface area (TPSA) is 32.3 Å². The van der Waals surface area contributed by atoms with Gasteiger partial charge in [-0.25, -0.2) is 0 Å². The maximum absolute atomic E-state index is 9.73. The first kappa shape index (κ1) is 13.3. The van der Waals surface area contributed by atoms with Crippen LogP contribution in [0.5, 0.6) is 0 Å². The number of aliphatic hydroxyl groups is 1. The van der Waals surface area contributed by atoms with Gasteiger partial charge in [0, 0.05) is 17.8 Å². The zero-order valence-electron chi connectivity index (χ0n) is 9.42. The minimum absolute atomic E-state index is 0.143. The summed E-state index contributed by atoms with van der Waals surface area (Å²) in [5.74, 6) is 1.11. The Hall–Kier alpha value is 0.270. The second-order valence-corrected chi connectivity index (χ2v) is 5.01. The van der Waals surface area contributed by atoms with Crippen LogP contribution in [0.1, 0.15) is 34.1 Å². The summed E-state index contributed by atoms with van der Waals surface area (Å²) in [6.07, 6.45) is 3.22. The Bertz CT molecular complexity index is 133. The van der Waals surface area contributed by atoms with Gasteiger partial charge in [-0.15, -0.1) is 0 Å². The van der Waals surface area contributed by atoms with Gasteiger partial charge in [0.1, 0.15) is 0 Å². The molecule has 0 fully saturated rings. The van der Waals surface area contributed by atoms with E-state index in [2.05, 4.69) is 18.5 Å². The summed E-state index contributed by atoms with van der Waals surface area (Å²) in [6.45, 7) is 7.89. The molecule has 2 atom stereocenters. The molecule has 2 nitrogen and oxygen atoms in total. The van der Waals surface area contributed by atoms with Crippen LogP contribution in [-0.2, 0) is 0 Å². The Morgan fingerprint density at radius 1 is 1.46 bits per heavy atom. The third kappa shape index (κ3) is 5.55. The van der Waals surface area contributed by atoms with Crippen molar-refractivity contribution in [3.8, 4) is 0 Å². The highest BCUT2D eigenvalue weighted by molar-refractivity contribution is 7.98. The molecule has 0 rings (SSSR count). The smallest absolute Gasteiger partial charge is 0.0741 e. The second-order valence-electron chi connectivity index (χ2n) is 4.10. The molecule has 0 aromatic rings. The van der Waals surface area contributed by atoms with Crippen molar-refractivity contribution in [2.75, 3.05) is 12.0 Å². The first-order valence-corrected chi connectivity index (χ1v) is 6.28. The normalized spacial score (nSPS) is 17.1. The van der Waals surface area contributed by atoms with E-state index >= 15 is 0 Å². The molecule has 0 bridgehead atoms. The zero-order valence-corrected chi connectivity index (χ0v) is 10.2. The summed E-state index contributed by atoms with van der Waals surface area (Å²) < 4.78 is 0. The third-order valence-electron chi connectivity index (χ3n) is 2.41. The van der Waals surface area contributed by atoms with Gasteiger partial charge in [-0.05, 0) is 33.4 Å². The van der Waals surface area contributed by atoms with Crippen LogP contribution in [0.2, 0.25) is 0 Å². The fourth-order valence-electron chi connectivity index (χ4n) is 1.04. The molecule has 2 unspecified atom stereocenters. The molecule has 0 aromatic heterocycles. The summed E-state index contributed by atoms with van der Waals surface area (Å²) in [7, 11) is 0. The lowest BCUT2D eigenvalue weighted by atomic mass is 10.00. The van der Waals surface area contributed by atoms with Gasteiger partial charge in [0.25, 0.3) is 0 Å². The van der Waals surface area contributed by atoms with Crippen LogP contribution in [0.15, 0.2) is 0 Å². The summed E-state index contributed by atoms with van der Waals surface area (Å²) in [5, 5.41) is 13.2. The predicted molar refractivity (Wildman–Crippen MR) is 61.4 cm³/mol. The maximum atomic E-state index is 9.73. The first-order valence-electron chi connectivity index (χ1n) is 4.89. The number of hydrogen-bond acceptors (Lipinski definition) is 3. The van der Waals surface area contributed by atoms with Crippen LogP contribution in [0.25, 0.3) is 0 Å². The summed E-state index contributed by atoms with van der Waals surface area (Å²) in [5.41, 5.74) is -0.633. The molecule has 0 aliphatic rings. The Morgan fingerprint density at radius 3 is 2.31 bits per heavy atom. The average molecular weight is 205 g/mol. The van der Waals surface area contributed by atoms with Gasteiger partial charge >= 0.3 is 0 Å². The number of rotatable bonds is 6. The summed E-state index contributed by atoms with van der Waals surface area (Å²) in [4.78, 5) is 0. The maximum Gasteiger partial charge on any atom is 0.0741 e. The molecule has 0 amide bonds. The van der Waals surface area contributed by atoms with Crippen LogP contribution in [-0.4, -0.2) is 34.8 Å². The predicted octanol–water partition coefficient (Wildman–Crippen LogP) is 1.88. The molecular formula is C10H23NOS. The minimum Gasteiger partial charge on any atom is -0.389 e. The molecule has 13 heavy (non-hydrogen) atoms. The van der Waals surface area contributed by atoms with E-state index in [-0.39, 0.29) is 6.04 Å². The first-order chi connectivity index (χ1) is 5.91. The van der Waals surface area contributed by atoms with Crippen molar-refractivity contribution in [1.29, 1.82) is 0 Å². The van der Waals surface area contributed by atoms with Crippen molar-refractivity contribution in [3.05, 3.63) is 0 Å². The van der Waals surface area contributed by atoms with Crippen molar-refractivity contribution in [2.24, 2.45) is 0 Å². The molecule has 0 spiro atoms. The lowest BCUT2D eigenvalue weighted by Crippen LogP contribution is -2.49. The Labute approximate surface area is 86.5 Å². The van der Waals surface area contributed by atoms with Gasteiger partial charge in [0.15, 0.2) is 0 Å². The Kier molecular flexibility index (Phi) is 6.01. The molecule has 2 N–H and O–H groups in total. The van der Waals surface area contributed by atoms with Gasteiger partial charge in [0.05, 0.1) is 5.60 Å². The fourth-order valence-corrected chi connectivity index (χ4v) is 1.78. The highest BCUT2D eigenvalue weighted by Crippen LogP contribution is 2.10. The van der Waals surface area contributed by atoms with E-state index in [0.29, 0.717) is 6.04 Å². The van der Waals surface area contributed by atoms with Crippen LogP contribution >= 0.6 is 11.8 Å². The SMILES string of the molecule is CCC(CSC)NC(C)C(C)(C)O. The molecule has 80 valence electrons. The highest BCUT2D eigenvalue weighted by atomic mass is 32.2. The second kappa shape index (κ2) is 5.89. The average Bonchev–Trinajstić information content (AvgIpc) is 2.01. The van der Waals surface area contributed by atoms with E-state index in [9.17, 15) is 5.11 Å². The third-order valence-corrected chi connectivity index (χ3v) is 3.14. The summed E-state index contributed by atoms with van der Waals surface area (Å²) in [6, 6.07) is 0.654. The van der Waals surface area contributed by atoms with E-state index in [1.165, 1.54) is 0 Å². The van der Waals surface area contributed by atoms with Crippen molar-refractivity contribution < 1.29 is 5.11 Å². The summed E-state index contributed by atoms with van der Waals surface area (Å²) >= 11 is 1.84. The van der Waals surface area contributed by atoms with Crippen molar-refractivity contribution in [2.45, 2.75) is 51.8 Å². The van der Waals surface area contributed by atoms with E-state index < -0.39 is 5.60 Å². The van der Waals surface area contributed by atoms with Crippen molar-refractivity contribution in [1.82, 2.24) is 5.32 Å². The molecule has 0 heterocycles. The van der Waals surface area contributed by atoms with Crippen LogP contribution in [0, 0.1) is 0 Å². The Balaban J connectivity index is 3.93. The quantitative estimate of drug-likeness (QED) is 0.694.